The van der Waals surface area contributed by atoms with Crippen molar-refractivity contribution in [2.24, 2.45) is 0 Å². The molecule has 0 spiro atoms. The minimum Gasteiger partial charge on any atom is -0.382 e. The van der Waals surface area contributed by atoms with Crippen molar-refractivity contribution in [1.82, 2.24) is 10.3 Å². The molecular formula is C26H26F3N3O2. The summed E-state index contributed by atoms with van der Waals surface area (Å²) < 4.78 is 41.0. The molecule has 0 bridgehead atoms. The number of fused-ring (bicyclic) bond motifs is 1. The average Bonchev–Trinajstić information content (AvgIpc) is 2.79. The van der Waals surface area contributed by atoms with Crippen molar-refractivity contribution in [3.05, 3.63) is 87.3 Å². The van der Waals surface area contributed by atoms with Crippen LogP contribution >= 0.6 is 0 Å². The van der Waals surface area contributed by atoms with Crippen LogP contribution in [-0.4, -0.2) is 16.9 Å². The van der Waals surface area contributed by atoms with E-state index in [1.807, 2.05) is 30.1 Å². The Bertz CT molecular complexity index is 1250. The number of amides is 1. The molecule has 2 atom stereocenters. The van der Waals surface area contributed by atoms with E-state index in [0.717, 1.165) is 35.7 Å². The Morgan fingerprint density at radius 3 is 2.53 bits per heavy atom. The van der Waals surface area contributed by atoms with E-state index in [1.165, 1.54) is 12.1 Å². The zero-order chi connectivity index (χ0) is 24.5. The maximum absolute atomic E-state index is 13.7. The van der Waals surface area contributed by atoms with Crippen molar-refractivity contribution >= 4 is 11.6 Å². The van der Waals surface area contributed by atoms with E-state index in [2.05, 4.69) is 17.6 Å². The Balaban J connectivity index is 1.72. The summed E-state index contributed by atoms with van der Waals surface area (Å²) in [7, 11) is 0. The standard InChI is InChI=1S/C26H26F3N3O2/c1-3-7-17-13-22(19-12-15(2)10-11-21(19)30-17)31-24(33)20-14-18(16-8-5-4-6-9-16)23(26(27,28)29)32-25(20)34/h4-6,8-12,14,17,22,30H,3,7,13H2,1-2H3,(H,31,33)(H,32,34). The van der Waals surface area contributed by atoms with Crippen molar-refractivity contribution in [3.63, 3.8) is 0 Å². The minimum atomic E-state index is -4.78. The number of aromatic nitrogens is 1. The van der Waals surface area contributed by atoms with Crippen molar-refractivity contribution in [1.29, 1.82) is 0 Å². The Hall–Kier alpha value is -3.55. The Morgan fingerprint density at radius 1 is 1.12 bits per heavy atom. The summed E-state index contributed by atoms with van der Waals surface area (Å²) >= 11 is 0. The summed E-state index contributed by atoms with van der Waals surface area (Å²) in [5, 5.41) is 6.39. The van der Waals surface area contributed by atoms with Crippen LogP contribution in [0, 0.1) is 6.92 Å². The highest BCUT2D eigenvalue weighted by Gasteiger charge is 2.36. The van der Waals surface area contributed by atoms with Crippen molar-refractivity contribution in [2.45, 2.75) is 51.4 Å². The number of nitrogens with one attached hydrogen (secondary N) is 3. The Labute approximate surface area is 195 Å². The third-order valence-corrected chi connectivity index (χ3v) is 6.06. The first-order valence-corrected chi connectivity index (χ1v) is 11.2. The van der Waals surface area contributed by atoms with Crippen LogP contribution in [0.15, 0.2) is 59.4 Å². The molecule has 2 aromatic carbocycles. The van der Waals surface area contributed by atoms with Gasteiger partial charge in [-0.2, -0.15) is 13.2 Å². The van der Waals surface area contributed by atoms with Gasteiger partial charge in [-0.1, -0.05) is 61.4 Å². The number of anilines is 1. The van der Waals surface area contributed by atoms with Crippen LogP contribution in [0.25, 0.3) is 11.1 Å². The zero-order valence-corrected chi connectivity index (χ0v) is 18.9. The lowest BCUT2D eigenvalue weighted by molar-refractivity contribution is -0.140. The number of aryl methyl sites for hydroxylation is 1. The second kappa shape index (κ2) is 9.37. The van der Waals surface area contributed by atoms with Crippen LogP contribution in [0.1, 0.15) is 59.4 Å². The van der Waals surface area contributed by atoms with E-state index in [-0.39, 0.29) is 28.8 Å². The number of halogens is 3. The fourth-order valence-electron chi connectivity index (χ4n) is 4.47. The predicted molar refractivity (Wildman–Crippen MR) is 126 cm³/mol. The van der Waals surface area contributed by atoms with Gasteiger partial charge in [-0.25, -0.2) is 0 Å². The van der Waals surface area contributed by atoms with Gasteiger partial charge in [0.25, 0.3) is 11.5 Å². The molecule has 1 amide bonds. The van der Waals surface area contributed by atoms with Crippen molar-refractivity contribution in [2.75, 3.05) is 5.32 Å². The van der Waals surface area contributed by atoms with E-state index < -0.39 is 23.3 Å². The van der Waals surface area contributed by atoms with E-state index in [9.17, 15) is 22.8 Å². The maximum atomic E-state index is 13.7. The molecule has 3 N–H and O–H groups in total. The number of carbonyl (C=O) groups is 1. The van der Waals surface area contributed by atoms with Gasteiger partial charge < -0.3 is 15.6 Å². The first-order chi connectivity index (χ1) is 16.2. The van der Waals surface area contributed by atoms with Crippen LogP contribution < -0.4 is 16.2 Å². The lowest BCUT2D eigenvalue weighted by Gasteiger charge is -2.34. The van der Waals surface area contributed by atoms with Crippen LogP contribution in [0.5, 0.6) is 0 Å². The van der Waals surface area contributed by atoms with Crippen LogP contribution in [-0.2, 0) is 6.18 Å². The van der Waals surface area contributed by atoms with Crippen LogP contribution in [0.2, 0.25) is 0 Å². The molecule has 1 aliphatic heterocycles. The molecule has 5 nitrogen and oxygen atoms in total. The van der Waals surface area contributed by atoms with Gasteiger partial charge in [0.15, 0.2) is 0 Å². The number of pyridine rings is 1. The quantitative estimate of drug-likeness (QED) is 0.441. The van der Waals surface area contributed by atoms with Gasteiger partial charge >= 0.3 is 6.18 Å². The zero-order valence-electron chi connectivity index (χ0n) is 18.9. The molecule has 0 saturated carbocycles. The third-order valence-electron chi connectivity index (χ3n) is 6.06. The first-order valence-electron chi connectivity index (χ1n) is 11.2. The predicted octanol–water partition coefficient (Wildman–Crippen LogP) is 5.82. The lowest BCUT2D eigenvalue weighted by Crippen LogP contribution is -2.39. The van der Waals surface area contributed by atoms with Crippen molar-refractivity contribution in [3.8, 4) is 11.1 Å². The number of benzene rings is 2. The fourth-order valence-corrected chi connectivity index (χ4v) is 4.47. The monoisotopic (exact) mass is 469 g/mol. The fraction of sp³-hybridized carbons (Fsp3) is 0.308. The molecule has 1 aromatic heterocycles. The van der Waals surface area contributed by atoms with Gasteiger partial charge in [-0.15, -0.1) is 0 Å². The van der Waals surface area contributed by atoms with Gasteiger partial charge in [0.05, 0.1) is 6.04 Å². The molecule has 2 heterocycles. The molecule has 2 unspecified atom stereocenters. The number of alkyl halides is 3. The molecule has 178 valence electrons. The lowest BCUT2D eigenvalue weighted by atomic mass is 9.89. The molecular weight excluding hydrogens is 443 g/mol. The number of rotatable bonds is 5. The smallest absolute Gasteiger partial charge is 0.382 e. The molecule has 4 rings (SSSR count). The van der Waals surface area contributed by atoms with Gasteiger partial charge in [-0.05, 0) is 43.0 Å². The highest BCUT2D eigenvalue weighted by molar-refractivity contribution is 5.95. The summed E-state index contributed by atoms with van der Waals surface area (Å²) in [6.07, 6.45) is -2.31. The van der Waals surface area contributed by atoms with E-state index in [4.69, 9.17) is 0 Å². The molecule has 3 aromatic rings. The van der Waals surface area contributed by atoms with Crippen LogP contribution in [0.3, 0.4) is 0 Å². The SMILES string of the molecule is CCCC1CC(NC(=O)c2cc(-c3ccccc3)c(C(F)(F)F)[nH]c2=O)c2cc(C)ccc2N1. The summed E-state index contributed by atoms with van der Waals surface area (Å²) in [6.45, 7) is 4.02. The summed E-state index contributed by atoms with van der Waals surface area (Å²) in [5.74, 6) is -0.707. The molecule has 0 aliphatic carbocycles. The van der Waals surface area contributed by atoms with Gasteiger partial charge in [0.1, 0.15) is 11.3 Å². The largest absolute Gasteiger partial charge is 0.431 e. The summed E-state index contributed by atoms with van der Waals surface area (Å²) in [5.41, 5.74) is 0.228. The normalized spacial score (nSPS) is 17.6. The number of H-pyrrole nitrogens is 1. The Kier molecular flexibility index (Phi) is 6.50. The highest BCUT2D eigenvalue weighted by atomic mass is 19.4. The molecule has 34 heavy (non-hydrogen) atoms. The second-order valence-corrected chi connectivity index (χ2v) is 8.65. The first kappa shape index (κ1) is 23.6. The number of carbonyl (C=O) groups excluding carboxylic acids is 1. The summed E-state index contributed by atoms with van der Waals surface area (Å²) in [6, 6.07) is 14.6. The van der Waals surface area contributed by atoms with Crippen LogP contribution in [0.4, 0.5) is 18.9 Å². The minimum absolute atomic E-state index is 0.135. The number of hydrogen-bond donors (Lipinski definition) is 3. The van der Waals surface area contributed by atoms with Crippen molar-refractivity contribution < 1.29 is 18.0 Å². The highest BCUT2D eigenvalue weighted by Crippen LogP contribution is 2.36. The molecule has 0 radical (unpaired) electrons. The van der Waals surface area contributed by atoms with E-state index in [1.54, 1.807) is 18.2 Å². The topological polar surface area (TPSA) is 74.0 Å². The molecule has 1 aliphatic rings. The maximum Gasteiger partial charge on any atom is 0.431 e. The van der Waals surface area contributed by atoms with E-state index in [0.29, 0.717) is 6.42 Å². The Morgan fingerprint density at radius 2 is 1.85 bits per heavy atom. The third kappa shape index (κ3) is 4.85. The summed E-state index contributed by atoms with van der Waals surface area (Å²) in [4.78, 5) is 27.7. The van der Waals surface area contributed by atoms with Gasteiger partial charge in [0.2, 0.25) is 0 Å². The molecule has 8 heteroatoms. The average molecular weight is 470 g/mol. The number of hydrogen-bond acceptors (Lipinski definition) is 3. The molecule has 0 saturated heterocycles. The van der Waals surface area contributed by atoms with Gasteiger partial charge in [-0.3, -0.25) is 9.59 Å². The second-order valence-electron chi connectivity index (χ2n) is 8.65. The van der Waals surface area contributed by atoms with E-state index >= 15 is 0 Å². The molecule has 0 fully saturated rings. The number of aromatic amines is 1. The van der Waals surface area contributed by atoms with Gasteiger partial charge in [0, 0.05) is 17.3 Å².